The predicted molar refractivity (Wildman–Crippen MR) is 105 cm³/mol. The van der Waals surface area contributed by atoms with Gasteiger partial charge in [-0.05, 0) is 53.7 Å². The Morgan fingerprint density at radius 2 is 1.81 bits per heavy atom. The van der Waals surface area contributed by atoms with E-state index >= 15 is 0 Å². The van der Waals surface area contributed by atoms with Gasteiger partial charge in [0, 0.05) is 18.1 Å². The summed E-state index contributed by atoms with van der Waals surface area (Å²) in [7, 11) is 0. The van der Waals surface area contributed by atoms with E-state index in [1.54, 1.807) is 6.20 Å². The van der Waals surface area contributed by atoms with Gasteiger partial charge in [-0.3, -0.25) is 4.79 Å². The summed E-state index contributed by atoms with van der Waals surface area (Å²) in [5.74, 6) is 0.797. The van der Waals surface area contributed by atoms with Crippen molar-refractivity contribution in [2.75, 3.05) is 0 Å². The molecule has 27 heavy (non-hydrogen) atoms. The van der Waals surface area contributed by atoms with Crippen LogP contribution in [0.4, 0.5) is 0 Å². The van der Waals surface area contributed by atoms with Crippen molar-refractivity contribution in [3.63, 3.8) is 0 Å². The lowest BCUT2D eigenvalue weighted by molar-refractivity contribution is 0.0996. The highest BCUT2D eigenvalue weighted by atomic mass is 32.1. The maximum absolute atomic E-state index is 12.4. The second kappa shape index (κ2) is 7.25. The van der Waals surface area contributed by atoms with Crippen molar-refractivity contribution in [1.29, 1.82) is 0 Å². The third-order valence-corrected chi connectivity index (χ3v) is 5.36. The summed E-state index contributed by atoms with van der Waals surface area (Å²) < 4.78 is 9.10. The molecule has 0 unspecified atom stereocenters. The van der Waals surface area contributed by atoms with Crippen LogP contribution < -0.4 is 0 Å². The zero-order valence-electron chi connectivity index (χ0n) is 15.0. The zero-order chi connectivity index (χ0) is 18.8. The molecule has 0 N–H and O–H groups in total. The van der Waals surface area contributed by atoms with Crippen LogP contribution in [0.1, 0.15) is 26.5 Å². The Morgan fingerprint density at radius 1 is 1.04 bits per heavy atom. The average molecular weight is 375 g/mol. The molecule has 0 saturated carbocycles. The Morgan fingerprint density at radius 3 is 2.48 bits per heavy atom. The largest absolute Gasteiger partial charge is 0.356 e. The molecule has 0 saturated heterocycles. The number of aryl methyl sites for hydroxylation is 2. The Balaban J connectivity index is 1.58. The van der Waals surface area contributed by atoms with Crippen LogP contribution in [-0.2, 0) is 6.42 Å². The maximum atomic E-state index is 12.4. The van der Waals surface area contributed by atoms with Crippen LogP contribution in [0.15, 0.2) is 59.3 Å². The van der Waals surface area contributed by atoms with Gasteiger partial charge in [-0.2, -0.15) is 0 Å². The first-order chi connectivity index (χ1) is 13.1. The van der Waals surface area contributed by atoms with Crippen LogP contribution in [-0.4, -0.2) is 20.5 Å². The van der Waals surface area contributed by atoms with E-state index in [9.17, 15) is 4.79 Å². The SMILES string of the molecule is Cc1ccc(-c2ccno2)cc1-c1ccc(CC(=O)c2snnc2C)cc1. The van der Waals surface area contributed by atoms with Crippen molar-refractivity contribution in [3.05, 3.63) is 76.4 Å². The quantitative estimate of drug-likeness (QED) is 0.464. The molecular weight excluding hydrogens is 358 g/mol. The summed E-state index contributed by atoms with van der Waals surface area (Å²) in [5, 5.41) is 7.68. The van der Waals surface area contributed by atoms with Crippen molar-refractivity contribution in [2.45, 2.75) is 20.3 Å². The van der Waals surface area contributed by atoms with Gasteiger partial charge in [0.25, 0.3) is 0 Å². The Bertz CT molecular complexity index is 1080. The molecule has 0 amide bonds. The number of rotatable bonds is 5. The molecule has 5 nitrogen and oxygen atoms in total. The van der Waals surface area contributed by atoms with Gasteiger partial charge in [-0.1, -0.05) is 46.0 Å². The summed E-state index contributed by atoms with van der Waals surface area (Å²) in [4.78, 5) is 13.0. The fourth-order valence-electron chi connectivity index (χ4n) is 3.01. The molecule has 4 rings (SSSR count). The van der Waals surface area contributed by atoms with Crippen molar-refractivity contribution < 1.29 is 9.32 Å². The minimum Gasteiger partial charge on any atom is -0.356 e. The molecule has 0 atom stereocenters. The van der Waals surface area contributed by atoms with Crippen LogP contribution in [0, 0.1) is 13.8 Å². The second-order valence-corrected chi connectivity index (χ2v) is 7.14. The first-order valence-corrected chi connectivity index (χ1v) is 9.32. The third-order valence-electron chi connectivity index (χ3n) is 4.49. The first kappa shape index (κ1) is 17.3. The molecule has 0 aliphatic carbocycles. The first-order valence-electron chi connectivity index (χ1n) is 8.55. The fourth-order valence-corrected chi connectivity index (χ4v) is 3.60. The van der Waals surface area contributed by atoms with Crippen molar-refractivity contribution in [3.8, 4) is 22.5 Å². The van der Waals surface area contributed by atoms with Crippen LogP contribution in [0.5, 0.6) is 0 Å². The molecule has 0 radical (unpaired) electrons. The number of hydrogen-bond acceptors (Lipinski definition) is 6. The molecule has 0 fully saturated rings. The van der Waals surface area contributed by atoms with Crippen molar-refractivity contribution in [1.82, 2.24) is 14.7 Å². The molecule has 6 heteroatoms. The van der Waals surface area contributed by atoms with Gasteiger partial charge in [0.05, 0.1) is 11.9 Å². The standard InChI is InChI=1S/C21H17N3O2S/c1-13-3-6-17(20-9-10-22-26-20)12-18(13)16-7-4-15(5-8-16)11-19(25)21-14(2)23-24-27-21/h3-10,12H,11H2,1-2H3. The lowest BCUT2D eigenvalue weighted by atomic mass is 9.96. The van der Waals surface area contributed by atoms with Crippen LogP contribution >= 0.6 is 11.5 Å². The highest BCUT2D eigenvalue weighted by Gasteiger charge is 2.14. The van der Waals surface area contributed by atoms with Gasteiger partial charge < -0.3 is 4.52 Å². The minimum absolute atomic E-state index is 0.0544. The van der Waals surface area contributed by atoms with E-state index in [4.69, 9.17) is 4.52 Å². The molecule has 0 aliphatic rings. The maximum Gasteiger partial charge on any atom is 0.180 e. The fraction of sp³-hybridized carbons (Fsp3) is 0.143. The number of benzene rings is 2. The molecule has 0 bridgehead atoms. The Labute approximate surface area is 160 Å². The molecular formula is C21H17N3O2S. The number of hydrogen-bond donors (Lipinski definition) is 0. The van der Waals surface area contributed by atoms with Gasteiger partial charge in [0.2, 0.25) is 0 Å². The molecule has 0 spiro atoms. The molecule has 4 aromatic rings. The van der Waals surface area contributed by atoms with Crippen LogP contribution in [0.2, 0.25) is 0 Å². The number of aromatic nitrogens is 3. The van der Waals surface area contributed by atoms with Crippen LogP contribution in [0.3, 0.4) is 0 Å². The predicted octanol–water partition coefficient (Wildman–Crippen LogP) is 4.90. The minimum atomic E-state index is 0.0544. The summed E-state index contributed by atoms with van der Waals surface area (Å²) in [6, 6.07) is 16.1. The number of nitrogens with zero attached hydrogens (tertiary/aromatic N) is 3. The van der Waals surface area contributed by atoms with E-state index in [-0.39, 0.29) is 5.78 Å². The average Bonchev–Trinajstić information content (AvgIpc) is 3.35. The normalized spacial score (nSPS) is 10.9. The van der Waals surface area contributed by atoms with E-state index in [0.717, 1.165) is 39.5 Å². The van der Waals surface area contributed by atoms with E-state index < -0.39 is 0 Å². The van der Waals surface area contributed by atoms with E-state index in [1.807, 2.05) is 43.3 Å². The summed E-state index contributed by atoms with van der Waals surface area (Å²) in [6.45, 7) is 3.89. The summed E-state index contributed by atoms with van der Waals surface area (Å²) in [6.07, 6.45) is 1.99. The smallest absolute Gasteiger partial charge is 0.180 e. The van der Waals surface area contributed by atoms with E-state index in [0.29, 0.717) is 17.0 Å². The second-order valence-electron chi connectivity index (χ2n) is 6.39. The van der Waals surface area contributed by atoms with Gasteiger partial charge in [-0.15, -0.1) is 5.10 Å². The van der Waals surface area contributed by atoms with E-state index in [1.165, 1.54) is 5.56 Å². The number of Topliss-reactive ketones (excluding diaryl/α,β-unsaturated/α-hetero) is 1. The Kier molecular flexibility index (Phi) is 4.64. The monoisotopic (exact) mass is 375 g/mol. The number of carbonyl (C=O) groups is 1. The van der Waals surface area contributed by atoms with Crippen molar-refractivity contribution in [2.24, 2.45) is 0 Å². The number of ketones is 1. The molecule has 2 aromatic carbocycles. The topological polar surface area (TPSA) is 68.9 Å². The summed E-state index contributed by atoms with van der Waals surface area (Å²) >= 11 is 1.15. The van der Waals surface area contributed by atoms with Crippen LogP contribution in [0.25, 0.3) is 22.5 Å². The van der Waals surface area contributed by atoms with Crippen molar-refractivity contribution >= 4 is 17.3 Å². The van der Waals surface area contributed by atoms with Gasteiger partial charge in [0.15, 0.2) is 11.5 Å². The lowest BCUT2D eigenvalue weighted by Crippen LogP contribution is -2.03. The number of carbonyl (C=O) groups excluding carboxylic acids is 1. The van der Waals surface area contributed by atoms with Gasteiger partial charge >= 0.3 is 0 Å². The zero-order valence-corrected chi connectivity index (χ0v) is 15.8. The third kappa shape index (κ3) is 3.57. The van der Waals surface area contributed by atoms with Gasteiger partial charge in [-0.25, -0.2) is 0 Å². The van der Waals surface area contributed by atoms with E-state index in [2.05, 4.69) is 33.8 Å². The summed E-state index contributed by atoms with van der Waals surface area (Å²) in [5.41, 5.74) is 6.06. The van der Waals surface area contributed by atoms with Gasteiger partial charge in [0.1, 0.15) is 4.88 Å². The highest BCUT2D eigenvalue weighted by molar-refractivity contribution is 7.08. The Hall–Kier alpha value is -3.12. The lowest BCUT2D eigenvalue weighted by Gasteiger charge is -2.09. The highest BCUT2D eigenvalue weighted by Crippen LogP contribution is 2.29. The molecule has 2 heterocycles. The molecule has 134 valence electrons. The molecule has 0 aliphatic heterocycles. The molecule has 2 aromatic heterocycles.